The van der Waals surface area contributed by atoms with E-state index in [9.17, 15) is 14.4 Å². The van der Waals surface area contributed by atoms with Crippen molar-refractivity contribution >= 4 is 17.9 Å². The van der Waals surface area contributed by atoms with Crippen LogP contribution in [0.25, 0.3) is 0 Å². The van der Waals surface area contributed by atoms with Crippen LogP contribution in [0.4, 0.5) is 0 Å². The smallest absolute Gasteiger partial charge is 0.303 e. The Morgan fingerprint density at radius 2 is 1.69 bits per heavy atom. The Labute approximate surface area is 152 Å². The maximum Gasteiger partial charge on any atom is 0.303 e. The highest BCUT2D eigenvalue weighted by atomic mass is 16.7. The molecule has 0 aromatic carbocycles. The third-order valence-corrected chi connectivity index (χ3v) is 3.35. The van der Waals surface area contributed by atoms with Crippen molar-refractivity contribution in [2.75, 3.05) is 33.0 Å². The maximum absolute atomic E-state index is 11.4. The normalized spacial score (nSPS) is 25.4. The second-order valence-corrected chi connectivity index (χ2v) is 5.64. The fourth-order valence-corrected chi connectivity index (χ4v) is 2.43. The Hall–Kier alpha value is -1.75. The highest BCUT2D eigenvalue weighted by Crippen LogP contribution is 2.27. The molecule has 26 heavy (non-hydrogen) atoms. The van der Waals surface area contributed by atoms with Gasteiger partial charge in [0.15, 0.2) is 12.4 Å². The van der Waals surface area contributed by atoms with E-state index in [1.54, 1.807) is 0 Å². The van der Waals surface area contributed by atoms with Gasteiger partial charge in [-0.3, -0.25) is 14.4 Å². The number of esters is 3. The van der Waals surface area contributed by atoms with Gasteiger partial charge < -0.3 is 34.2 Å². The molecular formula is C16H27NO9. The summed E-state index contributed by atoms with van der Waals surface area (Å²) in [6.07, 6.45) is -3.13. The van der Waals surface area contributed by atoms with Crippen LogP contribution in [0.3, 0.4) is 0 Å². The van der Waals surface area contributed by atoms with Crippen LogP contribution in [0.2, 0.25) is 0 Å². The molecule has 0 aromatic rings. The molecule has 10 heteroatoms. The zero-order chi connectivity index (χ0) is 19.5. The van der Waals surface area contributed by atoms with Crippen LogP contribution >= 0.6 is 0 Å². The third kappa shape index (κ3) is 8.56. The molecule has 4 atom stereocenters. The Balaban J connectivity index is 2.75. The Bertz CT molecular complexity index is 471. The monoisotopic (exact) mass is 377 g/mol. The van der Waals surface area contributed by atoms with E-state index >= 15 is 0 Å². The van der Waals surface area contributed by atoms with Crippen molar-refractivity contribution < 1.29 is 42.8 Å². The van der Waals surface area contributed by atoms with Crippen LogP contribution in [0.1, 0.15) is 27.2 Å². The largest absolute Gasteiger partial charge is 0.463 e. The van der Waals surface area contributed by atoms with E-state index in [2.05, 4.69) is 0 Å². The first-order valence-corrected chi connectivity index (χ1v) is 8.36. The summed E-state index contributed by atoms with van der Waals surface area (Å²) < 4.78 is 32.0. The van der Waals surface area contributed by atoms with E-state index < -0.39 is 42.5 Å². The minimum Gasteiger partial charge on any atom is -0.463 e. The molecule has 1 heterocycles. The van der Waals surface area contributed by atoms with Gasteiger partial charge in [-0.15, -0.1) is 0 Å². The number of hydrogen-bond donors (Lipinski definition) is 1. The van der Waals surface area contributed by atoms with Gasteiger partial charge in [-0.25, -0.2) is 0 Å². The average Bonchev–Trinajstić information content (AvgIpc) is 2.54. The second-order valence-electron chi connectivity index (χ2n) is 5.64. The lowest BCUT2D eigenvalue weighted by Gasteiger charge is -2.39. The standard InChI is InChI=1S/C16H27NO9/c1-10(18)23-9-14-16(25-12(3)20)13(24-11(2)19)8-15(26-14)22-7-6-21-5-4-17/h13-16H,4-9,17H2,1-3H3/t13-,14-,15?,16?/m1/s1. The molecule has 0 aromatic heterocycles. The summed E-state index contributed by atoms with van der Waals surface area (Å²) in [6.45, 7) is 4.92. The van der Waals surface area contributed by atoms with Crippen molar-refractivity contribution in [1.82, 2.24) is 0 Å². The summed E-state index contributed by atoms with van der Waals surface area (Å²) >= 11 is 0. The summed E-state index contributed by atoms with van der Waals surface area (Å²) in [5.41, 5.74) is 5.33. The fraction of sp³-hybridized carbons (Fsp3) is 0.812. The van der Waals surface area contributed by atoms with E-state index in [0.717, 1.165) is 0 Å². The molecule has 0 amide bonds. The quantitative estimate of drug-likeness (QED) is 0.302. The van der Waals surface area contributed by atoms with Crippen LogP contribution in [0.5, 0.6) is 0 Å². The second kappa shape index (κ2) is 11.8. The van der Waals surface area contributed by atoms with Crippen LogP contribution in [-0.2, 0) is 42.8 Å². The minimum absolute atomic E-state index is 0.158. The number of rotatable bonds is 10. The van der Waals surface area contributed by atoms with Gasteiger partial charge in [0.2, 0.25) is 0 Å². The number of carbonyl (C=O) groups is 3. The molecule has 0 saturated carbocycles. The number of nitrogens with two attached hydrogens (primary N) is 1. The van der Waals surface area contributed by atoms with Gasteiger partial charge in [0.25, 0.3) is 0 Å². The van der Waals surface area contributed by atoms with Crippen molar-refractivity contribution in [2.45, 2.75) is 51.8 Å². The van der Waals surface area contributed by atoms with Crippen LogP contribution in [0.15, 0.2) is 0 Å². The average molecular weight is 377 g/mol. The molecule has 0 radical (unpaired) electrons. The van der Waals surface area contributed by atoms with Crippen molar-refractivity contribution in [3.63, 3.8) is 0 Å². The molecule has 0 bridgehead atoms. The molecular weight excluding hydrogens is 350 g/mol. The lowest BCUT2D eigenvalue weighted by molar-refractivity contribution is -0.267. The third-order valence-electron chi connectivity index (χ3n) is 3.35. The molecule has 1 aliphatic heterocycles. The van der Waals surface area contributed by atoms with E-state index in [4.69, 9.17) is 34.2 Å². The van der Waals surface area contributed by atoms with Crippen molar-refractivity contribution in [2.24, 2.45) is 5.73 Å². The first-order chi connectivity index (χ1) is 12.3. The van der Waals surface area contributed by atoms with Crippen LogP contribution < -0.4 is 5.73 Å². The molecule has 150 valence electrons. The van der Waals surface area contributed by atoms with E-state index in [0.29, 0.717) is 19.8 Å². The molecule has 2 unspecified atom stereocenters. The fourth-order valence-electron chi connectivity index (χ4n) is 2.43. The van der Waals surface area contributed by atoms with Crippen molar-refractivity contribution in [3.05, 3.63) is 0 Å². The Morgan fingerprint density at radius 1 is 1.00 bits per heavy atom. The van der Waals surface area contributed by atoms with Crippen molar-refractivity contribution in [1.29, 1.82) is 0 Å². The molecule has 10 nitrogen and oxygen atoms in total. The zero-order valence-corrected chi connectivity index (χ0v) is 15.3. The summed E-state index contributed by atoms with van der Waals surface area (Å²) in [5.74, 6) is -1.62. The number of ether oxygens (including phenoxy) is 6. The Morgan fingerprint density at radius 3 is 2.27 bits per heavy atom. The van der Waals surface area contributed by atoms with Gasteiger partial charge in [0, 0.05) is 33.7 Å². The maximum atomic E-state index is 11.4. The van der Waals surface area contributed by atoms with E-state index in [-0.39, 0.29) is 19.6 Å². The van der Waals surface area contributed by atoms with Gasteiger partial charge in [-0.2, -0.15) is 0 Å². The molecule has 0 aliphatic carbocycles. The highest BCUT2D eigenvalue weighted by molar-refractivity contribution is 5.67. The van der Waals surface area contributed by atoms with Gasteiger partial charge >= 0.3 is 17.9 Å². The number of hydrogen-bond acceptors (Lipinski definition) is 10. The number of carbonyl (C=O) groups excluding carboxylic acids is 3. The SMILES string of the molecule is CC(=O)OC[C@H]1OC(OCCOCCN)C[C@@H](OC(C)=O)C1OC(C)=O. The lowest BCUT2D eigenvalue weighted by Crippen LogP contribution is -2.54. The molecule has 1 fully saturated rings. The molecule has 2 N–H and O–H groups in total. The van der Waals surface area contributed by atoms with Crippen molar-refractivity contribution in [3.8, 4) is 0 Å². The molecule has 1 saturated heterocycles. The molecule has 0 spiro atoms. The zero-order valence-electron chi connectivity index (χ0n) is 15.3. The van der Waals surface area contributed by atoms with Gasteiger partial charge in [-0.1, -0.05) is 0 Å². The van der Waals surface area contributed by atoms with E-state index in [1.165, 1.54) is 20.8 Å². The molecule has 1 rings (SSSR count). The first-order valence-electron chi connectivity index (χ1n) is 8.36. The van der Waals surface area contributed by atoms with Gasteiger partial charge in [-0.05, 0) is 0 Å². The predicted molar refractivity (Wildman–Crippen MR) is 86.8 cm³/mol. The van der Waals surface area contributed by atoms with Gasteiger partial charge in [0.05, 0.1) is 19.8 Å². The summed E-state index contributed by atoms with van der Waals surface area (Å²) in [4.78, 5) is 33.9. The summed E-state index contributed by atoms with van der Waals surface area (Å²) in [6, 6.07) is 0. The summed E-state index contributed by atoms with van der Waals surface area (Å²) in [5, 5.41) is 0. The molecule has 1 aliphatic rings. The first kappa shape index (κ1) is 22.3. The van der Waals surface area contributed by atoms with Crippen LogP contribution in [-0.4, -0.2) is 75.5 Å². The van der Waals surface area contributed by atoms with Gasteiger partial charge in [0.1, 0.15) is 18.8 Å². The van der Waals surface area contributed by atoms with Crippen LogP contribution in [0, 0.1) is 0 Å². The van der Waals surface area contributed by atoms with E-state index in [1.807, 2.05) is 0 Å². The topological polar surface area (TPSA) is 133 Å². The Kier molecular flexibility index (Phi) is 10.1. The predicted octanol–water partition coefficient (Wildman–Crippen LogP) is -0.480. The highest BCUT2D eigenvalue weighted by Gasteiger charge is 2.44. The summed E-state index contributed by atoms with van der Waals surface area (Å²) in [7, 11) is 0. The minimum atomic E-state index is -0.913. The lowest BCUT2D eigenvalue weighted by atomic mass is 10.0.